The first-order valence-electron chi connectivity index (χ1n) is 11.5. The number of carbonyl (C=O) groups excluding carboxylic acids is 1. The monoisotopic (exact) mass is 438 g/mol. The van der Waals surface area contributed by atoms with Crippen molar-refractivity contribution in [2.24, 2.45) is 0 Å². The summed E-state index contributed by atoms with van der Waals surface area (Å²) >= 11 is 0. The van der Waals surface area contributed by atoms with E-state index < -0.39 is 0 Å². The van der Waals surface area contributed by atoms with Gasteiger partial charge in [0.25, 0.3) is 0 Å². The van der Waals surface area contributed by atoms with Crippen molar-refractivity contribution in [1.82, 2.24) is 9.88 Å². The number of nitrogens with zero attached hydrogens (tertiary/aromatic N) is 2. The summed E-state index contributed by atoms with van der Waals surface area (Å²) in [6, 6.07) is 20.7. The number of ether oxygens (including phenoxy) is 2. The maximum absolute atomic E-state index is 13.3. The van der Waals surface area contributed by atoms with E-state index in [4.69, 9.17) is 9.47 Å². The van der Waals surface area contributed by atoms with E-state index in [2.05, 4.69) is 72.6 Å². The average molecular weight is 439 g/mol. The van der Waals surface area contributed by atoms with E-state index in [1.54, 1.807) is 0 Å². The molecule has 0 N–H and O–H groups in total. The van der Waals surface area contributed by atoms with E-state index in [-0.39, 0.29) is 24.1 Å². The molecule has 5 nitrogen and oxygen atoms in total. The van der Waals surface area contributed by atoms with Crippen molar-refractivity contribution in [1.29, 1.82) is 0 Å². The summed E-state index contributed by atoms with van der Waals surface area (Å²) in [5, 5.41) is 0. The normalized spacial score (nSPS) is 21.2. The standard InChI is InChI=1S/C28H26N2O3/c1-18-7-6-12-29-27(18)19-13-20-15-32-16-21(14-19)30(20)28(31)33-17-26-24-10-4-2-8-22(24)23-9-3-5-11-25(23)26/h2-13,20-21,26H,14-17H2,1H3. The molecular weight excluding hydrogens is 412 g/mol. The van der Waals surface area contributed by atoms with Crippen LogP contribution in [0.15, 0.2) is 72.9 Å². The fourth-order valence-corrected chi connectivity index (χ4v) is 5.55. The molecule has 0 radical (unpaired) electrons. The summed E-state index contributed by atoms with van der Waals surface area (Å²) in [6.45, 7) is 3.41. The first-order chi connectivity index (χ1) is 16.2. The molecule has 3 aliphatic rings. The fourth-order valence-electron chi connectivity index (χ4n) is 5.55. The van der Waals surface area contributed by atoms with Gasteiger partial charge in [0, 0.05) is 12.1 Å². The van der Waals surface area contributed by atoms with Gasteiger partial charge in [-0.05, 0) is 52.8 Å². The number of hydrogen-bond acceptors (Lipinski definition) is 4. The van der Waals surface area contributed by atoms with Crippen molar-refractivity contribution >= 4 is 11.7 Å². The quantitative estimate of drug-likeness (QED) is 0.564. The Kier molecular flexibility index (Phi) is 4.99. The van der Waals surface area contributed by atoms with Gasteiger partial charge in [0.15, 0.2) is 0 Å². The Bertz CT molecular complexity index is 1210. The molecule has 3 aromatic rings. The molecular formula is C28H26N2O3. The predicted octanol–water partition coefficient (Wildman–Crippen LogP) is 5.20. The zero-order chi connectivity index (χ0) is 22.4. The second-order valence-corrected chi connectivity index (χ2v) is 9.03. The molecule has 2 unspecified atom stereocenters. The molecule has 1 amide bonds. The van der Waals surface area contributed by atoms with Gasteiger partial charge in [0.2, 0.25) is 0 Å². The van der Waals surface area contributed by atoms with E-state index >= 15 is 0 Å². The van der Waals surface area contributed by atoms with Gasteiger partial charge in [0.05, 0.1) is 31.0 Å². The van der Waals surface area contributed by atoms with Crippen molar-refractivity contribution in [2.45, 2.75) is 31.3 Å². The summed E-state index contributed by atoms with van der Waals surface area (Å²) in [7, 11) is 0. The Balaban J connectivity index is 1.23. The molecule has 6 rings (SSSR count). The van der Waals surface area contributed by atoms with Crippen molar-refractivity contribution < 1.29 is 14.3 Å². The number of amides is 1. The van der Waals surface area contributed by atoms with Gasteiger partial charge < -0.3 is 9.47 Å². The van der Waals surface area contributed by atoms with Gasteiger partial charge in [-0.3, -0.25) is 9.88 Å². The van der Waals surface area contributed by atoms with Crippen molar-refractivity contribution in [3.63, 3.8) is 0 Å². The van der Waals surface area contributed by atoms with Crippen LogP contribution >= 0.6 is 0 Å². The van der Waals surface area contributed by atoms with Crippen LogP contribution in [0, 0.1) is 6.92 Å². The van der Waals surface area contributed by atoms with Crippen molar-refractivity contribution in [3.8, 4) is 11.1 Å². The highest BCUT2D eigenvalue weighted by atomic mass is 16.6. The lowest BCUT2D eigenvalue weighted by atomic mass is 9.91. The van der Waals surface area contributed by atoms with Gasteiger partial charge in [0.1, 0.15) is 6.61 Å². The maximum Gasteiger partial charge on any atom is 0.410 e. The van der Waals surface area contributed by atoms with Crippen LogP contribution in [-0.4, -0.2) is 47.9 Å². The van der Waals surface area contributed by atoms with Crippen LogP contribution in [0.4, 0.5) is 4.79 Å². The lowest BCUT2D eigenvalue weighted by Gasteiger charge is -2.43. The number of aryl methyl sites for hydroxylation is 1. The molecule has 3 heterocycles. The molecule has 5 heteroatoms. The number of pyridine rings is 1. The second kappa shape index (κ2) is 8.16. The zero-order valence-corrected chi connectivity index (χ0v) is 18.6. The number of fused-ring (bicyclic) bond motifs is 5. The highest BCUT2D eigenvalue weighted by Crippen LogP contribution is 2.44. The molecule has 166 valence electrons. The molecule has 2 aromatic carbocycles. The first-order valence-corrected chi connectivity index (χ1v) is 11.5. The number of morpholine rings is 1. The van der Waals surface area contributed by atoms with Crippen LogP contribution in [0.5, 0.6) is 0 Å². The summed E-state index contributed by atoms with van der Waals surface area (Å²) in [5.74, 6) is 0.0597. The van der Waals surface area contributed by atoms with Crippen LogP contribution in [0.25, 0.3) is 16.7 Å². The molecule has 1 aromatic heterocycles. The molecule has 2 atom stereocenters. The minimum Gasteiger partial charge on any atom is -0.448 e. The Hall–Kier alpha value is -3.44. The number of aromatic nitrogens is 1. The molecule has 1 saturated heterocycles. The minimum absolute atomic E-state index is 0.0409. The molecule has 2 bridgehead atoms. The Morgan fingerprint density at radius 3 is 2.45 bits per heavy atom. The highest BCUT2D eigenvalue weighted by molar-refractivity contribution is 5.79. The topological polar surface area (TPSA) is 51.7 Å². The van der Waals surface area contributed by atoms with Gasteiger partial charge in [-0.15, -0.1) is 0 Å². The average Bonchev–Trinajstić information content (AvgIpc) is 3.16. The van der Waals surface area contributed by atoms with E-state index in [9.17, 15) is 4.79 Å². The Morgan fingerprint density at radius 1 is 1.03 bits per heavy atom. The molecule has 0 saturated carbocycles. The van der Waals surface area contributed by atoms with Crippen molar-refractivity contribution in [3.05, 3.63) is 95.3 Å². The number of carbonyl (C=O) groups is 1. The predicted molar refractivity (Wildman–Crippen MR) is 127 cm³/mol. The molecule has 33 heavy (non-hydrogen) atoms. The molecule has 1 aliphatic carbocycles. The van der Waals surface area contributed by atoms with E-state index in [1.807, 2.05) is 17.2 Å². The number of rotatable bonds is 3. The lowest BCUT2D eigenvalue weighted by Crippen LogP contribution is -2.56. The van der Waals surface area contributed by atoms with Crippen LogP contribution in [0.2, 0.25) is 0 Å². The van der Waals surface area contributed by atoms with Crippen LogP contribution < -0.4 is 0 Å². The maximum atomic E-state index is 13.3. The summed E-state index contributed by atoms with van der Waals surface area (Å²) in [4.78, 5) is 19.8. The lowest BCUT2D eigenvalue weighted by molar-refractivity contribution is -0.0332. The molecule has 0 spiro atoms. The fraction of sp³-hybridized carbons (Fsp3) is 0.286. The largest absolute Gasteiger partial charge is 0.448 e. The summed E-state index contributed by atoms with van der Waals surface area (Å²) < 4.78 is 11.8. The molecule has 1 fully saturated rings. The van der Waals surface area contributed by atoms with Crippen LogP contribution in [0.3, 0.4) is 0 Å². The number of hydrogen-bond donors (Lipinski definition) is 0. The summed E-state index contributed by atoms with van der Waals surface area (Å²) in [6.07, 6.45) is 4.42. The number of benzene rings is 2. The van der Waals surface area contributed by atoms with Crippen molar-refractivity contribution in [2.75, 3.05) is 19.8 Å². The Labute approximate surface area is 193 Å². The van der Waals surface area contributed by atoms with E-state index in [1.165, 1.54) is 27.8 Å². The van der Waals surface area contributed by atoms with Crippen LogP contribution in [0.1, 0.15) is 34.7 Å². The molecule has 2 aliphatic heterocycles. The second-order valence-electron chi connectivity index (χ2n) is 9.03. The third-order valence-electron chi connectivity index (χ3n) is 7.06. The first kappa shape index (κ1) is 20.2. The van der Waals surface area contributed by atoms with E-state index in [0.29, 0.717) is 19.8 Å². The van der Waals surface area contributed by atoms with Gasteiger partial charge in [-0.2, -0.15) is 0 Å². The minimum atomic E-state index is -0.261. The zero-order valence-electron chi connectivity index (χ0n) is 18.6. The smallest absolute Gasteiger partial charge is 0.410 e. The van der Waals surface area contributed by atoms with Crippen LogP contribution in [-0.2, 0) is 9.47 Å². The SMILES string of the molecule is Cc1cccnc1C1=CC2COCC(C1)N2C(=O)OCC1c2ccccc2-c2ccccc21. The summed E-state index contributed by atoms with van der Waals surface area (Å²) in [5.41, 5.74) is 8.27. The Morgan fingerprint density at radius 2 is 1.76 bits per heavy atom. The van der Waals surface area contributed by atoms with Gasteiger partial charge in [-0.1, -0.05) is 60.7 Å². The van der Waals surface area contributed by atoms with Gasteiger partial charge in [-0.25, -0.2) is 4.79 Å². The van der Waals surface area contributed by atoms with Gasteiger partial charge >= 0.3 is 6.09 Å². The highest BCUT2D eigenvalue weighted by Gasteiger charge is 2.40. The van der Waals surface area contributed by atoms with E-state index in [0.717, 1.165) is 17.7 Å². The third kappa shape index (κ3) is 3.44. The third-order valence-corrected chi connectivity index (χ3v) is 7.06.